The van der Waals surface area contributed by atoms with Gasteiger partial charge in [0.25, 0.3) is 0 Å². The van der Waals surface area contributed by atoms with Gasteiger partial charge in [-0.25, -0.2) is 9.59 Å². The van der Waals surface area contributed by atoms with E-state index in [1.807, 2.05) is 12.2 Å². The first kappa shape index (κ1) is 12.0. The van der Waals surface area contributed by atoms with Crippen molar-refractivity contribution in [2.24, 2.45) is 5.92 Å². The highest BCUT2D eigenvalue weighted by atomic mass is 16.6. The normalized spacial score (nSPS) is 31.0. The standard InChI is InChI=1S/C12H17NO4/c1-12(2,3)17-11(15)13-9-7-5-4-6-8(7)16-10(9)14/h4,6-9H,5H2,1-3H3,(H,13,15)/t7-,8+,9-/m0/s1. The topological polar surface area (TPSA) is 64.6 Å². The predicted molar refractivity (Wildman–Crippen MR) is 60.3 cm³/mol. The first-order valence-corrected chi connectivity index (χ1v) is 5.73. The quantitative estimate of drug-likeness (QED) is 0.554. The van der Waals surface area contributed by atoms with E-state index in [2.05, 4.69) is 5.32 Å². The lowest BCUT2D eigenvalue weighted by Crippen LogP contribution is -2.44. The number of carbonyl (C=O) groups excluding carboxylic acids is 2. The summed E-state index contributed by atoms with van der Waals surface area (Å²) in [6, 6.07) is -0.593. The average molecular weight is 239 g/mol. The molecule has 0 spiro atoms. The monoisotopic (exact) mass is 239 g/mol. The van der Waals surface area contributed by atoms with Crippen molar-refractivity contribution < 1.29 is 19.1 Å². The van der Waals surface area contributed by atoms with Gasteiger partial charge in [0.2, 0.25) is 0 Å². The van der Waals surface area contributed by atoms with Gasteiger partial charge in [-0.2, -0.15) is 0 Å². The van der Waals surface area contributed by atoms with Gasteiger partial charge in [-0.3, -0.25) is 0 Å². The van der Waals surface area contributed by atoms with E-state index in [4.69, 9.17) is 9.47 Å². The van der Waals surface area contributed by atoms with Crippen molar-refractivity contribution >= 4 is 12.1 Å². The maximum absolute atomic E-state index is 11.6. The average Bonchev–Trinajstić information content (AvgIpc) is 2.67. The van der Waals surface area contributed by atoms with E-state index in [0.29, 0.717) is 0 Å². The molecular formula is C12H17NO4. The molecule has 0 saturated carbocycles. The van der Waals surface area contributed by atoms with Crippen molar-refractivity contribution in [3.8, 4) is 0 Å². The third kappa shape index (κ3) is 2.60. The minimum absolute atomic E-state index is 0.00928. The third-order valence-electron chi connectivity index (χ3n) is 2.76. The Kier molecular flexibility index (Phi) is 2.85. The van der Waals surface area contributed by atoms with Gasteiger partial charge >= 0.3 is 12.1 Å². The lowest BCUT2D eigenvalue weighted by Gasteiger charge is -2.22. The zero-order valence-electron chi connectivity index (χ0n) is 10.2. The molecule has 0 aromatic carbocycles. The molecule has 0 unspecified atom stereocenters. The smallest absolute Gasteiger partial charge is 0.408 e. The first-order chi connectivity index (χ1) is 7.87. The Bertz CT molecular complexity index is 369. The number of amides is 1. The maximum atomic E-state index is 11.6. The van der Waals surface area contributed by atoms with Gasteiger partial charge in [-0.15, -0.1) is 0 Å². The van der Waals surface area contributed by atoms with Crippen molar-refractivity contribution in [3.63, 3.8) is 0 Å². The number of ether oxygens (including phenoxy) is 2. The van der Waals surface area contributed by atoms with Crippen LogP contribution in [0.15, 0.2) is 12.2 Å². The van der Waals surface area contributed by atoms with Gasteiger partial charge in [0, 0.05) is 5.92 Å². The Morgan fingerprint density at radius 3 is 2.88 bits per heavy atom. The number of hydrogen-bond acceptors (Lipinski definition) is 4. The molecule has 0 aromatic rings. The minimum atomic E-state index is -0.593. The molecule has 1 N–H and O–H groups in total. The van der Waals surface area contributed by atoms with Crippen LogP contribution in [0.3, 0.4) is 0 Å². The molecular weight excluding hydrogens is 222 g/mol. The third-order valence-corrected chi connectivity index (χ3v) is 2.76. The summed E-state index contributed by atoms with van der Waals surface area (Å²) in [5, 5.41) is 2.58. The van der Waals surface area contributed by atoms with Gasteiger partial charge in [-0.1, -0.05) is 6.08 Å². The molecule has 0 aromatic heterocycles. The van der Waals surface area contributed by atoms with Crippen LogP contribution in [-0.4, -0.2) is 29.8 Å². The zero-order valence-corrected chi connectivity index (χ0v) is 10.2. The number of esters is 1. The highest BCUT2D eigenvalue weighted by Crippen LogP contribution is 2.32. The second kappa shape index (κ2) is 4.05. The van der Waals surface area contributed by atoms with Crippen molar-refractivity contribution in [3.05, 3.63) is 12.2 Å². The van der Waals surface area contributed by atoms with Gasteiger partial charge in [-0.05, 0) is 33.3 Å². The number of rotatable bonds is 1. The summed E-state index contributed by atoms with van der Waals surface area (Å²) in [6.07, 6.45) is 3.80. The summed E-state index contributed by atoms with van der Waals surface area (Å²) in [6.45, 7) is 5.33. The van der Waals surface area contributed by atoms with E-state index in [1.54, 1.807) is 20.8 Å². The number of fused-ring (bicyclic) bond motifs is 1. The molecule has 94 valence electrons. The second-order valence-corrected chi connectivity index (χ2v) is 5.35. The predicted octanol–water partition coefficient (Wildman–Crippen LogP) is 1.38. The fraction of sp³-hybridized carbons (Fsp3) is 0.667. The molecule has 5 heteroatoms. The fourth-order valence-corrected chi connectivity index (χ4v) is 2.08. The number of alkyl carbamates (subject to hydrolysis) is 1. The summed E-state index contributed by atoms with van der Waals surface area (Å²) in [4.78, 5) is 23.1. The maximum Gasteiger partial charge on any atom is 0.408 e. The number of hydrogen-bond donors (Lipinski definition) is 1. The Labute approximate surface area is 100 Å². The van der Waals surface area contributed by atoms with Gasteiger partial charge in [0.05, 0.1) is 0 Å². The molecule has 2 aliphatic rings. The van der Waals surface area contributed by atoms with Crippen LogP contribution in [0.2, 0.25) is 0 Å². The van der Waals surface area contributed by atoms with Crippen LogP contribution in [0.5, 0.6) is 0 Å². The van der Waals surface area contributed by atoms with Crippen LogP contribution in [0.1, 0.15) is 27.2 Å². The lowest BCUT2D eigenvalue weighted by molar-refractivity contribution is -0.141. The van der Waals surface area contributed by atoms with Gasteiger partial charge in [0.15, 0.2) is 0 Å². The van der Waals surface area contributed by atoms with Crippen molar-refractivity contribution in [1.29, 1.82) is 0 Å². The van der Waals surface area contributed by atoms with Crippen molar-refractivity contribution in [2.75, 3.05) is 0 Å². The number of nitrogens with one attached hydrogen (secondary N) is 1. The van der Waals surface area contributed by atoms with E-state index in [0.717, 1.165) is 6.42 Å². The SMILES string of the molecule is CC(C)(C)OC(=O)N[C@@H]1C(=O)O[C@@H]2C=CC[C@H]12. The van der Waals surface area contributed by atoms with Crippen LogP contribution >= 0.6 is 0 Å². The first-order valence-electron chi connectivity index (χ1n) is 5.73. The molecule has 0 radical (unpaired) electrons. The largest absolute Gasteiger partial charge is 0.456 e. The molecule has 1 amide bonds. The molecule has 0 bridgehead atoms. The van der Waals surface area contributed by atoms with Gasteiger partial charge < -0.3 is 14.8 Å². The van der Waals surface area contributed by atoms with Crippen LogP contribution in [-0.2, 0) is 14.3 Å². The van der Waals surface area contributed by atoms with E-state index >= 15 is 0 Å². The summed E-state index contributed by atoms with van der Waals surface area (Å²) < 4.78 is 10.3. The summed E-state index contributed by atoms with van der Waals surface area (Å²) in [5.74, 6) is -0.370. The van der Waals surface area contributed by atoms with E-state index in [9.17, 15) is 9.59 Å². The second-order valence-electron chi connectivity index (χ2n) is 5.35. The van der Waals surface area contributed by atoms with Crippen LogP contribution < -0.4 is 5.32 Å². The van der Waals surface area contributed by atoms with E-state index in [-0.39, 0.29) is 18.0 Å². The molecule has 1 aliphatic heterocycles. The molecule has 1 aliphatic carbocycles. The van der Waals surface area contributed by atoms with E-state index in [1.165, 1.54) is 0 Å². The van der Waals surface area contributed by atoms with Gasteiger partial charge in [0.1, 0.15) is 17.7 Å². The minimum Gasteiger partial charge on any atom is -0.456 e. The summed E-state index contributed by atoms with van der Waals surface area (Å²) in [5.41, 5.74) is -0.570. The fourth-order valence-electron chi connectivity index (χ4n) is 2.08. The zero-order chi connectivity index (χ0) is 12.6. The molecule has 3 atom stereocenters. The van der Waals surface area contributed by atoms with Crippen molar-refractivity contribution in [2.45, 2.75) is 44.9 Å². The molecule has 1 heterocycles. The van der Waals surface area contributed by atoms with E-state index < -0.39 is 17.7 Å². The van der Waals surface area contributed by atoms with Crippen LogP contribution in [0, 0.1) is 5.92 Å². The Hall–Kier alpha value is -1.52. The Morgan fingerprint density at radius 1 is 1.53 bits per heavy atom. The van der Waals surface area contributed by atoms with Crippen molar-refractivity contribution in [1.82, 2.24) is 5.32 Å². The highest BCUT2D eigenvalue weighted by molar-refractivity contribution is 5.84. The van der Waals surface area contributed by atoms with Crippen LogP contribution in [0.25, 0.3) is 0 Å². The summed E-state index contributed by atoms with van der Waals surface area (Å²) in [7, 11) is 0. The molecule has 2 rings (SSSR count). The Balaban J connectivity index is 1.95. The molecule has 5 nitrogen and oxygen atoms in total. The lowest BCUT2D eigenvalue weighted by atomic mass is 9.98. The molecule has 1 saturated heterocycles. The molecule has 17 heavy (non-hydrogen) atoms. The number of carbonyl (C=O) groups is 2. The van der Waals surface area contributed by atoms with Crippen LogP contribution in [0.4, 0.5) is 4.79 Å². The Morgan fingerprint density at radius 2 is 2.24 bits per heavy atom. The number of allylic oxidation sites excluding steroid dienone is 1. The summed E-state index contributed by atoms with van der Waals surface area (Å²) >= 11 is 0. The molecule has 1 fully saturated rings. The highest BCUT2D eigenvalue weighted by Gasteiger charge is 2.46.